The minimum absolute atomic E-state index is 0.0113. The lowest BCUT2D eigenvalue weighted by Crippen LogP contribution is -2.49. The van der Waals surface area contributed by atoms with Crippen LogP contribution in [0.4, 0.5) is 5.69 Å². The molecule has 1 aromatic rings. The molecule has 1 fully saturated rings. The highest BCUT2D eigenvalue weighted by atomic mass is 32.2. The molecule has 0 saturated carbocycles. The average molecular weight is 351 g/mol. The van der Waals surface area contributed by atoms with Crippen LogP contribution in [0.1, 0.15) is 35.2 Å². The molecule has 0 spiro atoms. The van der Waals surface area contributed by atoms with Crippen molar-refractivity contribution in [2.24, 2.45) is 0 Å². The second-order valence-corrected chi connectivity index (χ2v) is 8.34. The molecule has 2 N–H and O–H groups in total. The van der Waals surface area contributed by atoms with E-state index in [0.717, 1.165) is 24.1 Å². The lowest BCUT2D eigenvalue weighted by molar-refractivity contribution is -0.116. The number of fused-ring (bicyclic) bond motifs is 1. The number of carbonyl (C=O) groups is 2. The lowest BCUT2D eigenvalue weighted by Gasteiger charge is -2.31. The molecule has 1 saturated heterocycles. The van der Waals surface area contributed by atoms with Gasteiger partial charge in [0.15, 0.2) is 0 Å². The van der Waals surface area contributed by atoms with Gasteiger partial charge in [0.05, 0.1) is 6.26 Å². The number of anilines is 1. The van der Waals surface area contributed by atoms with E-state index in [1.807, 2.05) is 0 Å². The smallest absolute Gasteiger partial charge is 0.251 e. The number of piperidine rings is 1. The first-order chi connectivity index (χ1) is 11.3. The number of aryl methyl sites for hydroxylation is 1. The van der Waals surface area contributed by atoms with Gasteiger partial charge in [-0.25, -0.2) is 12.7 Å². The molecule has 8 heteroatoms. The molecule has 1 unspecified atom stereocenters. The van der Waals surface area contributed by atoms with Crippen molar-refractivity contribution in [3.63, 3.8) is 0 Å². The Hall–Kier alpha value is -1.93. The summed E-state index contributed by atoms with van der Waals surface area (Å²) in [6, 6.07) is 5.03. The summed E-state index contributed by atoms with van der Waals surface area (Å²) < 4.78 is 24.7. The van der Waals surface area contributed by atoms with Gasteiger partial charge in [0.1, 0.15) is 0 Å². The van der Waals surface area contributed by atoms with Crippen LogP contribution in [-0.2, 0) is 21.2 Å². The zero-order valence-electron chi connectivity index (χ0n) is 13.5. The van der Waals surface area contributed by atoms with Gasteiger partial charge in [0.25, 0.3) is 5.91 Å². The fourth-order valence-electron chi connectivity index (χ4n) is 3.15. The highest BCUT2D eigenvalue weighted by Gasteiger charge is 2.27. The largest absolute Gasteiger partial charge is 0.348 e. The van der Waals surface area contributed by atoms with Gasteiger partial charge >= 0.3 is 0 Å². The fourth-order valence-corrected chi connectivity index (χ4v) is 4.07. The Morgan fingerprint density at radius 2 is 2.12 bits per heavy atom. The third-order valence-corrected chi connectivity index (χ3v) is 5.72. The summed E-state index contributed by atoms with van der Waals surface area (Å²) >= 11 is 0. The third-order valence-electron chi connectivity index (χ3n) is 4.45. The molecule has 1 aromatic carbocycles. The Bertz CT molecular complexity index is 776. The zero-order chi connectivity index (χ0) is 17.3. The monoisotopic (exact) mass is 351 g/mol. The molecule has 0 bridgehead atoms. The summed E-state index contributed by atoms with van der Waals surface area (Å²) in [5.74, 6) is -0.224. The molecule has 2 amide bonds. The summed E-state index contributed by atoms with van der Waals surface area (Å²) in [6.07, 6.45) is 3.72. The van der Waals surface area contributed by atoms with Crippen LogP contribution in [0.2, 0.25) is 0 Å². The number of nitrogens with one attached hydrogen (secondary N) is 2. The SMILES string of the molecule is CS(=O)(=O)N1CCCC(NC(=O)c2ccc3c(c2)CCC(=O)N3)C1. The van der Waals surface area contributed by atoms with E-state index in [-0.39, 0.29) is 17.9 Å². The number of hydrogen-bond donors (Lipinski definition) is 2. The second kappa shape index (κ2) is 6.52. The van der Waals surface area contributed by atoms with Gasteiger partial charge in [0, 0.05) is 36.8 Å². The zero-order valence-corrected chi connectivity index (χ0v) is 14.4. The molecule has 2 aliphatic rings. The molecule has 24 heavy (non-hydrogen) atoms. The van der Waals surface area contributed by atoms with E-state index in [2.05, 4.69) is 10.6 Å². The molecular weight excluding hydrogens is 330 g/mol. The van der Waals surface area contributed by atoms with Gasteiger partial charge in [-0.3, -0.25) is 9.59 Å². The Kier molecular flexibility index (Phi) is 4.60. The van der Waals surface area contributed by atoms with Crippen LogP contribution >= 0.6 is 0 Å². The van der Waals surface area contributed by atoms with E-state index >= 15 is 0 Å². The predicted molar refractivity (Wildman–Crippen MR) is 90.3 cm³/mol. The first-order valence-electron chi connectivity index (χ1n) is 8.02. The Morgan fingerprint density at radius 3 is 2.88 bits per heavy atom. The number of hydrogen-bond acceptors (Lipinski definition) is 4. The van der Waals surface area contributed by atoms with Crippen LogP contribution in [0.3, 0.4) is 0 Å². The molecule has 3 rings (SSSR count). The van der Waals surface area contributed by atoms with Crippen molar-refractivity contribution in [3.05, 3.63) is 29.3 Å². The van der Waals surface area contributed by atoms with E-state index in [1.54, 1.807) is 18.2 Å². The second-order valence-electron chi connectivity index (χ2n) is 6.35. The van der Waals surface area contributed by atoms with E-state index in [4.69, 9.17) is 0 Å². The highest BCUT2D eigenvalue weighted by molar-refractivity contribution is 7.88. The molecule has 0 aromatic heterocycles. The van der Waals surface area contributed by atoms with Crippen LogP contribution < -0.4 is 10.6 Å². The van der Waals surface area contributed by atoms with Gasteiger partial charge in [-0.1, -0.05) is 0 Å². The summed E-state index contributed by atoms with van der Waals surface area (Å²) in [5, 5.41) is 5.71. The number of nitrogens with zero attached hydrogens (tertiary/aromatic N) is 1. The molecule has 130 valence electrons. The maximum Gasteiger partial charge on any atom is 0.251 e. The Balaban J connectivity index is 1.68. The van der Waals surface area contributed by atoms with Crippen molar-refractivity contribution < 1.29 is 18.0 Å². The van der Waals surface area contributed by atoms with Crippen molar-refractivity contribution in [3.8, 4) is 0 Å². The predicted octanol–water partition coefficient (Wildman–Crippen LogP) is 0.725. The fraction of sp³-hybridized carbons (Fsp3) is 0.500. The van der Waals surface area contributed by atoms with Crippen LogP contribution in [0.15, 0.2) is 18.2 Å². The van der Waals surface area contributed by atoms with E-state index < -0.39 is 10.0 Å². The van der Waals surface area contributed by atoms with Crippen molar-refractivity contribution >= 4 is 27.5 Å². The van der Waals surface area contributed by atoms with Crippen LogP contribution in [-0.4, -0.2) is 49.9 Å². The molecule has 2 heterocycles. The van der Waals surface area contributed by atoms with E-state index in [9.17, 15) is 18.0 Å². The van der Waals surface area contributed by atoms with Gasteiger partial charge in [-0.2, -0.15) is 0 Å². The van der Waals surface area contributed by atoms with Crippen LogP contribution in [0.25, 0.3) is 0 Å². The molecule has 0 radical (unpaired) electrons. The number of sulfonamides is 1. The van der Waals surface area contributed by atoms with Crippen LogP contribution in [0.5, 0.6) is 0 Å². The highest BCUT2D eigenvalue weighted by Crippen LogP contribution is 2.23. The van der Waals surface area contributed by atoms with E-state index in [0.29, 0.717) is 31.5 Å². The number of rotatable bonds is 3. The van der Waals surface area contributed by atoms with Gasteiger partial charge < -0.3 is 10.6 Å². The van der Waals surface area contributed by atoms with Gasteiger partial charge in [-0.15, -0.1) is 0 Å². The van der Waals surface area contributed by atoms with Crippen LogP contribution in [0, 0.1) is 0 Å². The van der Waals surface area contributed by atoms with E-state index in [1.165, 1.54) is 10.6 Å². The molecule has 2 aliphatic heterocycles. The average Bonchev–Trinajstić information content (AvgIpc) is 2.53. The first-order valence-corrected chi connectivity index (χ1v) is 9.86. The number of carbonyl (C=O) groups excluding carboxylic acids is 2. The van der Waals surface area contributed by atoms with Gasteiger partial charge in [0.2, 0.25) is 15.9 Å². The van der Waals surface area contributed by atoms with Crippen molar-refractivity contribution in [2.45, 2.75) is 31.7 Å². The van der Waals surface area contributed by atoms with Gasteiger partial charge in [-0.05, 0) is 43.0 Å². The topological polar surface area (TPSA) is 95.6 Å². The molecular formula is C16H21N3O4S. The van der Waals surface area contributed by atoms with Crippen molar-refractivity contribution in [1.29, 1.82) is 0 Å². The number of amides is 2. The standard InChI is InChI=1S/C16H21N3O4S/c1-24(22,23)19-8-2-3-13(10-19)17-16(21)12-4-6-14-11(9-12)5-7-15(20)18-14/h4,6,9,13H,2-3,5,7-8,10H2,1H3,(H,17,21)(H,18,20). The quantitative estimate of drug-likeness (QED) is 0.839. The molecule has 0 aliphatic carbocycles. The molecule has 7 nitrogen and oxygen atoms in total. The van der Waals surface area contributed by atoms with Crippen molar-refractivity contribution in [2.75, 3.05) is 24.7 Å². The first kappa shape index (κ1) is 16.9. The Labute approximate surface area is 141 Å². The summed E-state index contributed by atoms with van der Waals surface area (Å²) in [7, 11) is -3.23. The van der Waals surface area contributed by atoms with Crippen molar-refractivity contribution in [1.82, 2.24) is 9.62 Å². The maximum absolute atomic E-state index is 12.5. The Morgan fingerprint density at radius 1 is 1.33 bits per heavy atom. The maximum atomic E-state index is 12.5. The minimum atomic E-state index is -3.23. The minimum Gasteiger partial charge on any atom is -0.348 e. The number of benzene rings is 1. The molecule has 1 atom stereocenters. The normalized spacial score (nSPS) is 21.7. The summed E-state index contributed by atoms with van der Waals surface area (Å²) in [5.41, 5.74) is 2.23. The lowest BCUT2D eigenvalue weighted by atomic mass is 9.99. The summed E-state index contributed by atoms with van der Waals surface area (Å²) in [4.78, 5) is 23.8. The summed E-state index contributed by atoms with van der Waals surface area (Å²) in [6.45, 7) is 0.815. The third kappa shape index (κ3) is 3.76.